The van der Waals surface area contributed by atoms with Crippen molar-refractivity contribution in [1.29, 1.82) is 0 Å². The molecule has 2 atom stereocenters. The maximum absolute atomic E-state index is 12.4. The molecule has 0 spiro atoms. The van der Waals surface area contributed by atoms with Crippen molar-refractivity contribution in [3.8, 4) is 11.5 Å². The summed E-state index contributed by atoms with van der Waals surface area (Å²) >= 11 is 0. The number of nitrogens with zero attached hydrogens (tertiary/aromatic N) is 1. The minimum atomic E-state index is -0.612. The Labute approximate surface area is 119 Å². The van der Waals surface area contributed by atoms with Gasteiger partial charge in [0.15, 0.2) is 11.5 Å². The molecule has 20 heavy (non-hydrogen) atoms. The lowest BCUT2D eigenvalue weighted by Gasteiger charge is -2.35. The van der Waals surface area contributed by atoms with E-state index in [1.165, 1.54) is 12.1 Å². The van der Waals surface area contributed by atoms with Crippen molar-refractivity contribution in [2.75, 3.05) is 6.54 Å². The number of carbonyl (C=O) groups excluding carboxylic acids is 1. The first kappa shape index (κ1) is 14.7. The minimum Gasteiger partial charge on any atom is -0.504 e. The van der Waals surface area contributed by atoms with E-state index in [0.29, 0.717) is 6.42 Å². The van der Waals surface area contributed by atoms with Crippen molar-refractivity contribution in [1.82, 2.24) is 4.90 Å². The van der Waals surface area contributed by atoms with E-state index < -0.39 is 6.04 Å². The molecule has 1 aliphatic rings. The van der Waals surface area contributed by atoms with Crippen LogP contribution in [-0.2, 0) is 11.2 Å². The number of benzene rings is 1. The summed E-state index contributed by atoms with van der Waals surface area (Å²) in [6.45, 7) is 2.82. The van der Waals surface area contributed by atoms with Gasteiger partial charge in [-0.05, 0) is 50.3 Å². The number of rotatable bonds is 3. The fraction of sp³-hybridized carbons (Fsp3) is 0.533. The second kappa shape index (κ2) is 6.13. The summed E-state index contributed by atoms with van der Waals surface area (Å²) in [4.78, 5) is 14.2. The monoisotopic (exact) mass is 278 g/mol. The highest BCUT2D eigenvalue weighted by Crippen LogP contribution is 2.25. The summed E-state index contributed by atoms with van der Waals surface area (Å²) in [5.41, 5.74) is 6.74. The number of phenols is 2. The first-order chi connectivity index (χ1) is 9.49. The zero-order valence-electron chi connectivity index (χ0n) is 11.7. The van der Waals surface area contributed by atoms with Gasteiger partial charge in [-0.25, -0.2) is 0 Å². The molecule has 4 N–H and O–H groups in total. The van der Waals surface area contributed by atoms with E-state index in [4.69, 9.17) is 5.73 Å². The van der Waals surface area contributed by atoms with Gasteiger partial charge in [-0.3, -0.25) is 4.79 Å². The largest absolute Gasteiger partial charge is 0.504 e. The Morgan fingerprint density at radius 1 is 1.40 bits per heavy atom. The topological polar surface area (TPSA) is 86.8 Å². The molecule has 1 amide bonds. The van der Waals surface area contributed by atoms with Crippen LogP contribution in [0.2, 0.25) is 0 Å². The summed E-state index contributed by atoms with van der Waals surface area (Å²) in [6.07, 6.45) is 3.57. The zero-order chi connectivity index (χ0) is 14.7. The molecular formula is C15H22N2O3. The summed E-state index contributed by atoms with van der Waals surface area (Å²) in [7, 11) is 0. The standard InChI is InChI=1S/C15H22N2O3/c1-10-4-2-3-7-17(10)15(20)12(16)8-11-5-6-13(18)14(19)9-11/h5-6,9-10,12,18-19H,2-4,7-8,16H2,1H3/t10?,12-/m0/s1. The highest BCUT2D eigenvalue weighted by molar-refractivity contribution is 5.82. The molecule has 110 valence electrons. The second-order valence-corrected chi connectivity index (χ2v) is 5.51. The van der Waals surface area contributed by atoms with Crippen LogP contribution in [0.5, 0.6) is 11.5 Å². The number of likely N-dealkylation sites (tertiary alicyclic amines) is 1. The average Bonchev–Trinajstić information content (AvgIpc) is 2.42. The summed E-state index contributed by atoms with van der Waals surface area (Å²) in [6, 6.07) is 4.16. The Bertz CT molecular complexity index is 490. The molecule has 0 radical (unpaired) electrons. The van der Waals surface area contributed by atoms with Gasteiger partial charge in [-0.2, -0.15) is 0 Å². The molecule has 1 aromatic rings. The van der Waals surface area contributed by atoms with Gasteiger partial charge in [0.2, 0.25) is 5.91 Å². The predicted octanol–water partition coefficient (Wildman–Crippen LogP) is 1.37. The SMILES string of the molecule is CC1CCCCN1C(=O)[C@@H](N)Cc1ccc(O)c(O)c1. The normalized spacial score (nSPS) is 20.7. The summed E-state index contributed by atoms with van der Waals surface area (Å²) in [5, 5.41) is 18.7. The molecule has 1 unspecified atom stereocenters. The van der Waals surface area contributed by atoms with Crippen molar-refractivity contribution < 1.29 is 15.0 Å². The van der Waals surface area contributed by atoms with Crippen LogP contribution in [0, 0.1) is 0 Å². The van der Waals surface area contributed by atoms with Crippen LogP contribution in [0.3, 0.4) is 0 Å². The van der Waals surface area contributed by atoms with Crippen LogP contribution < -0.4 is 5.73 Å². The maximum atomic E-state index is 12.4. The van der Waals surface area contributed by atoms with Gasteiger partial charge >= 0.3 is 0 Å². The fourth-order valence-corrected chi connectivity index (χ4v) is 2.68. The third-order valence-corrected chi connectivity index (χ3v) is 3.90. The molecule has 1 heterocycles. The Kier molecular flexibility index (Phi) is 4.49. The molecule has 2 rings (SSSR count). The van der Waals surface area contributed by atoms with Crippen LogP contribution in [-0.4, -0.2) is 39.6 Å². The zero-order valence-corrected chi connectivity index (χ0v) is 11.7. The van der Waals surface area contributed by atoms with Gasteiger partial charge in [0.05, 0.1) is 6.04 Å². The van der Waals surface area contributed by atoms with Crippen LogP contribution in [0.1, 0.15) is 31.7 Å². The lowest BCUT2D eigenvalue weighted by molar-refractivity contribution is -0.135. The Balaban J connectivity index is 2.01. The summed E-state index contributed by atoms with van der Waals surface area (Å²) < 4.78 is 0. The minimum absolute atomic E-state index is 0.0373. The highest BCUT2D eigenvalue weighted by Gasteiger charge is 2.27. The first-order valence-electron chi connectivity index (χ1n) is 7.06. The average molecular weight is 278 g/mol. The number of amides is 1. The van der Waals surface area contributed by atoms with E-state index in [9.17, 15) is 15.0 Å². The number of aromatic hydroxyl groups is 2. The van der Waals surface area contributed by atoms with Gasteiger partial charge in [0.25, 0.3) is 0 Å². The molecule has 0 aromatic heterocycles. The van der Waals surface area contributed by atoms with Crippen molar-refractivity contribution in [3.05, 3.63) is 23.8 Å². The number of hydrogen-bond acceptors (Lipinski definition) is 4. The lowest BCUT2D eigenvalue weighted by Crippen LogP contribution is -2.50. The summed E-state index contributed by atoms with van der Waals surface area (Å²) in [5.74, 6) is -0.392. The Hall–Kier alpha value is -1.75. The van der Waals surface area contributed by atoms with Crippen molar-refractivity contribution in [2.45, 2.75) is 44.7 Å². The maximum Gasteiger partial charge on any atom is 0.240 e. The molecule has 1 aliphatic heterocycles. The lowest BCUT2D eigenvalue weighted by atomic mass is 10.00. The van der Waals surface area contributed by atoms with E-state index in [1.54, 1.807) is 6.07 Å². The van der Waals surface area contributed by atoms with Gasteiger partial charge in [-0.1, -0.05) is 6.07 Å². The number of carbonyl (C=O) groups is 1. The van der Waals surface area contributed by atoms with Crippen LogP contribution in [0.25, 0.3) is 0 Å². The van der Waals surface area contributed by atoms with Crippen LogP contribution in [0.4, 0.5) is 0 Å². The predicted molar refractivity (Wildman–Crippen MR) is 76.5 cm³/mol. The van der Waals surface area contributed by atoms with E-state index in [1.807, 2.05) is 4.90 Å². The van der Waals surface area contributed by atoms with Crippen molar-refractivity contribution in [2.24, 2.45) is 5.73 Å². The van der Waals surface area contributed by atoms with Crippen molar-refractivity contribution >= 4 is 5.91 Å². The molecular weight excluding hydrogens is 256 g/mol. The Morgan fingerprint density at radius 3 is 2.80 bits per heavy atom. The van der Waals surface area contributed by atoms with Gasteiger partial charge in [0.1, 0.15) is 0 Å². The molecule has 0 saturated carbocycles. The third kappa shape index (κ3) is 3.22. The second-order valence-electron chi connectivity index (χ2n) is 5.51. The van der Waals surface area contributed by atoms with Crippen LogP contribution in [0.15, 0.2) is 18.2 Å². The smallest absolute Gasteiger partial charge is 0.240 e. The van der Waals surface area contributed by atoms with E-state index in [2.05, 4.69) is 6.92 Å². The van der Waals surface area contributed by atoms with Crippen molar-refractivity contribution in [3.63, 3.8) is 0 Å². The number of piperidine rings is 1. The highest BCUT2D eigenvalue weighted by atomic mass is 16.3. The van der Waals surface area contributed by atoms with Gasteiger partial charge in [0, 0.05) is 12.6 Å². The third-order valence-electron chi connectivity index (χ3n) is 3.90. The number of phenolic OH excluding ortho intramolecular Hbond substituents is 2. The fourth-order valence-electron chi connectivity index (χ4n) is 2.68. The molecule has 0 bridgehead atoms. The van der Waals surface area contributed by atoms with Gasteiger partial charge in [-0.15, -0.1) is 0 Å². The molecule has 0 aliphatic carbocycles. The number of hydrogen-bond donors (Lipinski definition) is 3. The van der Waals surface area contributed by atoms with E-state index in [0.717, 1.165) is 31.4 Å². The van der Waals surface area contributed by atoms with E-state index >= 15 is 0 Å². The van der Waals surface area contributed by atoms with Gasteiger partial charge < -0.3 is 20.8 Å². The quantitative estimate of drug-likeness (QED) is 0.729. The number of nitrogens with two attached hydrogens (primary N) is 1. The molecule has 1 saturated heterocycles. The first-order valence-corrected chi connectivity index (χ1v) is 7.06. The Morgan fingerprint density at radius 2 is 2.15 bits per heavy atom. The van der Waals surface area contributed by atoms with Crippen LogP contribution >= 0.6 is 0 Å². The molecule has 1 fully saturated rings. The molecule has 1 aromatic carbocycles. The molecule has 5 nitrogen and oxygen atoms in total. The molecule has 5 heteroatoms. The van der Waals surface area contributed by atoms with E-state index in [-0.39, 0.29) is 23.4 Å².